The minimum atomic E-state index is -3.32. The zero-order chi connectivity index (χ0) is 22.9. The molecule has 0 saturated heterocycles. The van der Waals surface area contributed by atoms with Crippen molar-refractivity contribution in [1.82, 2.24) is 4.98 Å². The molecule has 0 bridgehead atoms. The maximum absolute atomic E-state index is 13.5. The largest absolute Gasteiger partial charge is 0.283 e. The molecule has 4 aromatic rings. The van der Waals surface area contributed by atoms with Crippen molar-refractivity contribution in [3.63, 3.8) is 0 Å². The van der Waals surface area contributed by atoms with Gasteiger partial charge in [-0.25, -0.2) is 13.4 Å². The van der Waals surface area contributed by atoms with Crippen molar-refractivity contribution in [1.29, 1.82) is 0 Å². The number of hydrogen-bond acceptors (Lipinski definition) is 5. The topological polar surface area (TPSA) is 67.3 Å². The van der Waals surface area contributed by atoms with Gasteiger partial charge in [-0.2, -0.15) is 0 Å². The molecule has 1 aromatic heterocycles. The van der Waals surface area contributed by atoms with Gasteiger partial charge < -0.3 is 0 Å². The first kappa shape index (κ1) is 22.2. The van der Waals surface area contributed by atoms with Gasteiger partial charge in [-0.15, -0.1) is 0 Å². The molecule has 0 fully saturated rings. The van der Waals surface area contributed by atoms with E-state index in [-0.39, 0.29) is 17.2 Å². The van der Waals surface area contributed by atoms with Gasteiger partial charge in [-0.05, 0) is 48.7 Å². The fourth-order valence-corrected chi connectivity index (χ4v) is 5.31. The van der Waals surface area contributed by atoms with Crippen LogP contribution in [-0.4, -0.2) is 25.6 Å². The highest BCUT2D eigenvalue weighted by Crippen LogP contribution is 2.32. The standard InChI is InChI=1S/C25H24N2O3S2/c1-17-9-10-20(18(2)13-17)14-24(28)27(16-19-7-5-4-6-8-19)25-26-22-12-11-21(32(3,29)30)15-23(22)31-25/h4-13,15H,14,16H2,1-3H3. The lowest BCUT2D eigenvalue weighted by atomic mass is 10.0. The number of fused-ring (bicyclic) bond motifs is 1. The molecule has 0 aliphatic rings. The Hall–Kier alpha value is -3.03. The SMILES string of the molecule is Cc1ccc(CC(=O)N(Cc2ccccc2)c2nc3ccc(S(C)(=O)=O)cc3s2)c(C)c1. The van der Waals surface area contributed by atoms with Crippen LogP contribution in [-0.2, 0) is 27.6 Å². The van der Waals surface area contributed by atoms with E-state index in [1.54, 1.807) is 23.1 Å². The van der Waals surface area contributed by atoms with E-state index in [0.717, 1.165) is 27.0 Å². The third kappa shape index (κ3) is 4.89. The third-order valence-corrected chi connectivity index (χ3v) is 7.48. The minimum absolute atomic E-state index is 0.0526. The number of anilines is 1. The first-order valence-corrected chi connectivity index (χ1v) is 12.9. The van der Waals surface area contributed by atoms with E-state index < -0.39 is 9.84 Å². The van der Waals surface area contributed by atoms with Crippen LogP contribution in [0.15, 0.2) is 71.6 Å². The normalized spacial score (nSPS) is 11.6. The number of hydrogen-bond donors (Lipinski definition) is 0. The molecular formula is C25H24N2O3S2. The summed E-state index contributed by atoms with van der Waals surface area (Å²) in [5.74, 6) is -0.0526. The Labute approximate surface area is 192 Å². The molecule has 0 aliphatic carbocycles. The zero-order valence-corrected chi connectivity index (χ0v) is 19.8. The summed E-state index contributed by atoms with van der Waals surface area (Å²) in [4.78, 5) is 20.1. The summed E-state index contributed by atoms with van der Waals surface area (Å²) in [6.07, 6.45) is 1.45. The second kappa shape index (κ2) is 8.84. The van der Waals surface area contributed by atoms with Crippen molar-refractivity contribution in [2.24, 2.45) is 0 Å². The quantitative estimate of drug-likeness (QED) is 0.398. The second-order valence-electron chi connectivity index (χ2n) is 7.97. The molecule has 0 N–H and O–H groups in total. The average molecular weight is 465 g/mol. The number of nitrogens with zero attached hydrogens (tertiary/aromatic N) is 2. The van der Waals surface area contributed by atoms with Crippen molar-refractivity contribution in [3.05, 3.63) is 89.0 Å². The fraction of sp³-hybridized carbons (Fsp3) is 0.200. The Morgan fingerprint density at radius 1 is 1.00 bits per heavy atom. The predicted octanol–water partition coefficient (Wildman–Crippen LogP) is 5.09. The van der Waals surface area contributed by atoms with Gasteiger partial charge in [-0.3, -0.25) is 9.69 Å². The average Bonchev–Trinajstić information content (AvgIpc) is 3.17. The van der Waals surface area contributed by atoms with Crippen molar-refractivity contribution in [3.8, 4) is 0 Å². The fourth-order valence-electron chi connectivity index (χ4n) is 3.57. The predicted molar refractivity (Wildman–Crippen MR) is 130 cm³/mol. The van der Waals surface area contributed by atoms with Gasteiger partial charge in [0.25, 0.3) is 0 Å². The van der Waals surface area contributed by atoms with Crippen molar-refractivity contribution in [2.45, 2.75) is 31.7 Å². The van der Waals surface area contributed by atoms with Crippen LogP contribution in [0.2, 0.25) is 0 Å². The zero-order valence-electron chi connectivity index (χ0n) is 18.2. The first-order valence-electron chi connectivity index (χ1n) is 10.2. The summed E-state index contributed by atoms with van der Waals surface area (Å²) in [6, 6.07) is 20.8. The molecule has 0 atom stereocenters. The molecule has 1 amide bonds. The maximum atomic E-state index is 13.5. The highest BCUT2D eigenvalue weighted by Gasteiger charge is 2.22. The van der Waals surface area contributed by atoms with Crippen LogP contribution in [0.5, 0.6) is 0 Å². The third-order valence-electron chi connectivity index (χ3n) is 5.33. The summed E-state index contributed by atoms with van der Waals surface area (Å²) in [5, 5.41) is 0.560. The van der Waals surface area contributed by atoms with E-state index in [4.69, 9.17) is 0 Å². The van der Waals surface area contributed by atoms with Gasteiger partial charge in [0.2, 0.25) is 5.91 Å². The van der Waals surface area contributed by atoms with Crippen molar-refractivity contribution < 1.29 is 13.2 Å². The molecule has 0 spiro atoms. The summed E-state index contributed by atoms with van der Waals surface area (Å²) in [7, 11) is -3.32. The lowest BCUT2D eigenvalue weighted by molar-refractivity contribution is -0.118. The molecule has 0 radical (unpaired) electrons. The highest BCUT2D eigenvalue weighted by molar-refractivity contribution is 7.90. The Morgan fingerprint density at radius 2 is 1.75 bits per heavy atom. The Kier molecular flexibility index (Phi) is 6.13. The maximum Gasteiger partial charge on any atom is 0.233 e. The summed E-state index contributed by atoms with van der Waals surface area (Å²) >= 11 is 1.33. The number of carbonyl (C=O) groups excluding carboxylic acids is 1. The van der Waals surface area contributed by atoms with Crippen LogP contribution in [0.3, 0.4) is 0 Å². The number of aromatic nitrogens is 1. The molecule has 1 heterocycles. The number of benzene rings is 3. The molecule has 164 valence electrons. The summed E-state index contributed by atoms with van der Waals surface area (Å²) in [5.41, 5.74) is 4.90. The molecular weight excluding hydrogens is 440 g/mol. The Balaban J connectivity index is 1.72. The number of carbonyl (C=O) groups is 1. The van der Waals surface area contributed by atoms with E-state index >= 15 is 0 Å². The van der Waals surface area contributed by atoms with Gasteiger partial charge in [0.1, 0.15) is 0 Å². The monoisotopic (exact) mass is 464 g/mol. The van der Waals surface area contributed by atoms with E-state index in [2.05, 4.69) is 11.1 Å². The van der Waals surface area contributed by atoms with Crippen LogP contribution in [0.25, 0.3) is 10.2 Å². The molecule has 0 aliphatic heterocycles. The van der Waals surface area contributed by atoms with Crippen LogP contribution in [0, 0.1) is 13.8 Å². The van der Waals surface area contributed by atoms with Gasteiger partial charge in [0.15, 0.2) is 15.0 Å². The lowest BCUT2D eigenvalue weighted by Crippen LogP contribution is -2.31. The molecule has 0 saturated carbocycles. The van der Waals surface area contributed by atoms with Crippen molar-refractivity contribution >= 4 is 42.4 Å². The van der Waals surface area contributed by atoms with Gasteiger partial charge in [0.05, 0.1) is 28.1 Å². The second-order valence-corrected chi connectivity index (χ2v) is 11.0. The highest BCUT2D eigenvalue weighted by atomic mass is 32.2. The van der Waals surface area contributed by atoms with E-state index in [1.807, 2.05) is 56.3 Å². The number of thiazole rings is 1. The van der Waals surface area contributed by atoms with Crippen LogP contribution >= 0.6 is 11.3 Å². The molecule has 7 heteroatoms. The van der Waals surface area contributed by atoms with Crippen LogP contribution < -0.4 is 4.90 Å². The van der Waals surface area contributed by atoms with E-state index in [9.17, 15) is 13.2 Å². The molecule has 0 unspecified atom stereocenters. The Morgan fingerprint density at radius 3 is 2.44 bits per heavy atom. The van der Waals surface area contributed by atoms with E-state index in [1.165, 1.54) is 17.6 Å². The van der Waals surface area contributed by atoms with E-state index in [0.29, 0.717) is 17.2 Å². The number of aryl methyl sites for hydroxylation is 2. The smallest absolute Gasteiger partial charge is 0.233 e. The van der Waals surface area contributed by atoms with Gasteiger partial charge in [0, 0.05) is 6.26 Å². The molecule has 5 nitrogen and oxygen atoms in total. The van der Waals surface area contributed by atoms with Crippen LogP contribution in [0.1, 0.15) is 22.3 Å². The minimum Gasteiger partial charge on any atom is -0.283 e. The molecule has 3 aromatic carbocycles. The number of rotatable bonds is 6. The number of sulfone groups is 1. The summed E-state index contributed by atoms with van der Waals surface area (Å²) < 4.78 is 24.6. The molecule has 4 rings (SSSR count). The van der Waals surface area contributed by atoms with Gasteiger partial charge >= 0.3 is 0 Å². The summed E-state index contributed by atoms with van der Waals surface area (Å²) in [6.45, 7) is 4.44. The number of amides is 1. The lowest BCUT2D eigenvalue weighted by Gasteiger charge is -2.20. The van der Waals surface area contributed by atoms with Gasteiger partial charge in [-0.1, -0.05) is 65.4 Å². The molecule has 32 heavy (non-hydrogen) atoms. The van der Waals surface area contributed by atoms with Crippen molar-refractivity contribution in [2.75, 3.05) is 11.2 Å². The Bertz CT molecular complexity index is 1390. The first-order chi connectivity index (χ1) is 15.2. The van der Waals surface area contributed by atoms with Crippen LogP contribution in [0.4, 0.5) is 5.13 Å².